The molecule has 0 spiro atoms. The summed E-state index contributed by atoms with van der Waals surface area (Å²) in [6.45, 7) is 2.91. The first-order chi connectivity index (χ1) is 17.0. The molecule has 2 heterocycles. The predicted octanol–water partition coefficient (Wildman–Crippen LogP) is 3.60. The maximum absolute atomic E-state index is 12.9. The summed E-state index contributed by atoms with van der Waals surface area (Å²) >= 11 is 1.52. The van der Waals surface area contributed by atoms with E-state index < -0.39 is 0 Å². The monoisotopic (exact) mass is 495 g/mol. The Kier molecular flexibility index (Phi) is 7.68. The summed E-state index contributed by atoms with van der Waals surface area (Å²) < 4.78 is 10.6. The number of anilines is 1. The van der Waals surface area contributed by atoms with E-state index in [1.165, 1.54) is 36.9 Å². The van der Waals surface area contributed by atoms with Gasteiger partial charge in [-0.1, -0.05) is 13.3 Å². The molecule has 2 N–H and O–H groups in total. The van der Waals surface area contributed by atoms with Gasteiger partial charge in [-0.05, 0) is 43.9 Å². The molecule has 35 heavy (non-hydrogen) atoms. The number of thiophene rings is 1. The predicted molar refractivity (Wildman–Crippen MR) is 135 cm³/mol. The second kappa shape index (κ2) is 10.9. The van der Waals surface area contributed by atoms with Crippen LogP contribution in [0.4, 0.5) is 5.00 Å². The van der Waals surface area contributed by atoms with Crippen LogP contribution in [-0.4, -0.2) is 48.1 Å². The van der Waals surface area contributed by atoms with E-state index in [1.807, 2.05) is 11.8 Å². The lowest BCUT2D eigenvalue weighted by atomic mass is 10.1. The number of ether oxygens (including phenoxy) is 2. The van der Waals surface area contributed by atoms with Crippen molar-refractivity contribution in [2.24, 2.45) is 0 Å². The van der Waals surface area contributed by atoms with Crippen molar-refractivity contribution < 1.29 is 14.3 Å². The number of aryl methyl sites for hydroxylation is 1. The highest BCUT2D eigenvalue weighted by atomic mass is 32.1. The highest BCUT2D eigenvalue weighted by Crippen LogP contribution is 2.37. The molecule has 0 atom stereocenters. The molecule has 9 nitrogen and oxygen atoms in total. The number of benzene rings is 1. The van der Waals surface area contributed by atoms with Crippen molar-refractivity contribution in [1.29, 1.82) is 5.26 Å². The number of carbonyl (C=O) groups is 1. The van der Waals surface area contributed by atoms with Crippen LogP contribution in [0, 0.1) is 11.3 Å². The molecular formula is C25H29N5O4S. The van der Waals surface area contributed by atoms with E-state index in [4.69, 9.17) is 9.47 Å². The van der Waals surface area contributed by atoms with Gasteiger partial charge in [0.1, 0.15) is 16.9 Å². The number of nitrogens with zero attached hydrogens (tertiary/aromatic N) is 3. The molecule has 0 saturated carbocycles. The lowest BCUT2D eigenvalue weighted by Gasteiger charge is -2.19. The van der Waals surface area contributed by atoms with Crippen molar-refractivity contribution >= 4 is 33.1 Å². The topological polar surface area (TPSA) is 120 Å². The van der Waals surface area contributed by atoms with Crippen molar-refractivity contribution in [2.75, 3.05) is 32.6 Å². The number of carbonyl (C=O) groups excluding carboxylic acids is 1. The van der Waals surface area contributed by atoms with Crippen molar-refractivity contribution in [3.63, 3.8) is 0 Å². The van der Waals surface area contributed by atoms with Gasteiger partial charge in [-0.25, -0.2) is 4.98 Å². The van der Waals surface area contributed by atoms with Gasteiger partial charge in [0, 0.05) is 10.9 Å². The van der Waals surface area contributed by atoms with Crippen LogP contribution in [0.2, 0.25) is 0 Å². The van der Waals surface area contributed by atoms with E-state index in [-0.39, 0.29) is 24.6 Å². The Labute approximate surface area is 207 Å². The fourth-order valence-electron chi connectivity index (χ4n) is 4.40. The van der Waals surface area contributed by atoms with E-state index in [9.17, 15) is 14.9 Å². The average molecular weight is 496 g/mol. The molecule has 10 heteroatoms. The summed E-state index contributed by atoms with van der Waals surface area (Å²) in [5, 5.41) is 13.7. The molecule has 0 radical (unpaired) electrons. The molecule has 1 aromatic carbocycles. The number of nitriles is 1. The Morgan fingerprint density at radius 2 is 1.97 bits per heavy atom. The summed E-state index contributed by atoms with van der Waals surface area (Å²) in [6, 6.07) is 5.57. The van der Waals surface area contributed by atoms with E-state index in [0.717, 1.165) is 31.2 Å². The van der Waals surface area contributed by atoms with Crippen LogP contribution >= 0.6 is 11.3 Å². The van der Waals surface area contributed by atoms with Crippen LogP contribution in [0.15, 0.2) is 16.9 Å². The van der Waals surface area contributed by atoms with Gasteiger partial charge >= 0.3 is 0 Å². The van der Waals surface area contributed by atoms with Crippen LogP contribution in [-0.2, 0) is 24.2 Å². The van der Waals surface area contributed by atoms with Crippen LogP contribution in [0.1, 0.15) is 48.0 Å². The van der Waals surface area contributed by atoms with Crippen molar-refractivity contribution in [3.8, 4) is 17.6 Å². The summed E-state index contributed by atoms with van der Waals surface area (Å²) in [6.07, 6.45) is 5.22. The lowest BCUT2D eigenvalue weighted by molar-refractivity contribution is -0.117. The van der Waals surface area contributed by atoms with E-state index in [2.05, 4.69) is 21.4 Å². The Bertz CT molecular complexity index is 1340. The lowest BCUT2D eigenvalue weighted by Crippen LogP contribution is -2.33. The second-order valence-electron chi connectivity index (χ2n) is 8.47. The number of hydrogen-bond donors (Lipinski definition) is 2. The standard InChI is InChI=1S/C25H29N5O4S/c1-4-30(13-22-27-18-11-20(34-3)19(33-2)10-16(18)24(32)28-22)14-23(31)29-25-17(12-26)15-8-6-5-7-9-21(15)35-25/h10-11H,4-9,13-14H2,1-3H3,(H,29,31)(H,27,28,32). The quantitative estimate of drug-likeness (QED) is 0.458. The SMILES string of the molecule is CCN(CC(=O)Nc1sc2c(c1C#N)CCCCC2)Cc1nc2cc(OC)c(OC)cc2c(=O)[nH]1. The number of hydrogen-bond acceptors (Lipinski definition) is 8. The highest BCUT2D eigenvalue weighted by Gasteiger charge is 2.22. The molecule has 1 aliphatic rings. The number of rotatable bonds is 8. The fraction of sp³-hybridized carbons (Fsp3) is 0.440. The summed E-state index contributed by atoms with van der Waals surface area (Å²) in [4.78, 5) is 36.0. The smallest absolute Gasteiger partial charge is 0.258 e. The van der Waals surface area contributed by atoms with Crippen molar-refractivity contribution in [3.05, 3.63) is 44.3 Å². The molecule has 0 aliphatic heterocycles. The molecule has 3 aromatic rings. The molecular weight excluding hydrogens is 466 g/mol. The summed E-state index contributed by atoms with van der Waals surface area (Å²) in [5.41, 5.74) is 1.90. The van der Waals surface area contributed by atoms with Gasteiger partial charge in [0.05, 0.1) is 43.8 Å². The van der Waals surface area contributed by atoms with Crippen LogP contribution in [0.3, 0.4) is 0 Å². The minimum atomic E-state index is -0.287. The molecule has 0 fully saturated rings. The van der Waals surface area contributed by atoms with Gasteiger partial charge < -0.3 is 19.8 Å². The Hall–Kier alpha value is -3.42. The Balaban J connectivity index is 1.50. The first-order valence-corrected chi connectivity index (χ1v) is 12.5. The first-order valence-electron chi connectivity index (χ1n) is 11.7. The number of likely N-dealkylation sites (N-methyl/N-ethyl adjacent to an activating group) is 1. The molecule has 0 saturated heterocycles. The van der Waals surface area contributed by atoms with Crippen molar-refractivity contribution in [2.45, 2.75) is 45.6 Å². The number of H-pyrrole nitrogens is 1. The van der Waals surface area contributed by atoms with Crippen LogP contribution in [0.5, 0.6) is 11.5 Å². The van der Waals surface area contributed by atoms with Gasteiger partial charge in [0.2, 0.25) is 5.91 Å². The van der Waals surface area contributed by atoms with Crippen LogP contribution < -0.4 is 20.3 Å². The number of aromatic nitrogens is 2. The number of fused-ring (bicyclic) bond motifs is 2. The van der Waals surface area contributed by atoms with Gasteiger partial charge in [-0.15, -0.1) is 11.3 Å². The zero-order valence-corrected chi connectivity index (χ0v) is 21.0. The zero-order valence-electron chi connectivity index (χ0n) is 20.2. The number of amides is 1. The molecule has 0 unspecified atom stereocenters. The first kappa shape index (κ1) is 24.7. The maximum atomic E-state index is 12.9. The molecule has 4 rings (SSSR count). The van der Waals surface area contributed by atoms with Gasteiger partial charge in [0.15, 0.2) is 11.5 Å². The molecule has 1 amide bonds. The third kappa shape index (κ3) is 5.31. The fourth-order valence-corrected chi connectivity index (χ4v) is 5.65. The molecule has 184 valence electrons. The third-order valence-corrected chi connectivity index (χ3v) is 7.44. The molecule has 0 bridgehead atoms. The van der Waals surface area contributed by atoms with Gasteiger partial charge in [0.25, 0.3) is 5.56 Å². The largest absolute Gasteiger partial charge is 0.493 e. The number of aromatic amines is 1. The molecule has 1 aliphatic carbocycles. The van der Waals surface area contributed by atoms with Crippen LogP contribution in [0.25, 0.3) is 10.9 Å². The Morgan fingerprint density at radius 3 is 2.69 bits per heavy atom. The molecule has 2 aromatic heterocycles. The third-order valence-electron chi connectivity index (χ3n) is 6.23. The van der Waals surface area contributed by atoms with Crippen molar-refractivity contribution in [1.82, 2.24) is 14.9 Å². The van der Waals surface area contributed by atoms with Gasteiger partial charge in [-0.3, -0.25) is 14.5 Å². The Morgan fingerprint density at radius 1 is 1.23 bits per heavy atom. The number of nitrogens with one attached hydrogen (secondary N) is 2. The number of methoxy groups -OCH3 is 2. The van der Waals surface area contributed by atoms with E-state index >= 15 is 0 Å². The zero-order chi connectivity index (χ0) is 24.9. The summed E-state index contributed by atoms with van der Waals surface area (Å²) in [5.74, 6) is 1.19. The summed E-state index contributed by atoms with van der Waals surface area (Å²) in [7, 11) is 3.04. The second-order valence-corrected chi connectivity index (χ2v) is 9.57. The minimum Gasteiger partial charge on any atom is -0.493 e. The maximum Gasteiger partial charge on any atom is 0.258 e. The normalized spacial score (nSPS) is 13.2. The van der Waals surface area contributed by atoms with E-state index in [0.29, 0.717) is 45.3 Å². The van der Waals surface area contributed by atoms with Gasteiger partial charge in [-0.2, -0.15) is 5.26 Å². The highest BCUT2D eigenvalue weighted by molar-refractivity contribution is 7.16. The minimum absolute atomic E-state index is 0.109. The van der Waals surface area contributed by atoms with E-state index in [1.54, 1.807) is 12.1 Å². The average Bonchev–Trinajstić information content (AvgIpc) is 3.00.